The molecule has 0 spiro atoms. The zero-order valence-electron chi connectivity index (χ0n) is 20.9. The zero-order valence-corrected chi connectivity index (χ0v) is 20.9. The predicted octanol–water partition coefficient (Wildman–Crippen LogP) is 5.85. The number of aliphatic hydroxyl groups excluding tert-OH is 1. The number of aryl methyl sites for hydroxylation is 2. The minimum atomic E-state index is -4.95. The van der Waals surface area contributed by atoms with E-state index in [1.807, 2.05) is 0 Å². The van der Waals surface area contributed by atoms with Crippen LogP contribution in [0.4, 0.5) is 18.9 Å². The second kappa shape index (κ2) is 10.1. The molecule has 0 radical (unpaired) electrons. The Labute approximate surface area is 216 Å². The Bertz CT molecular complexity index is 1430. The molecule has 0 saturated carbocycles. The number of benzene rings is 3. The van der Waals surface area contributed by atoms with Gasteiger partial charge in [0.05, 0.1) is 25.8 Å². The number of methoxy groups -OCH3 is 2. The first-order valence-electron chi connectivity index (χ1n) is 11.4. The van der Waals surface area contributed by atoms with Crippen LogP contribution in [0.3, 0.4) is 0 Å². The Kier molecular flexibility index (Phi) is 7.08. The van der Waals surface area contributed by atoms with Crippen LogP contribution in [0.5, 0.6) is 17.2 Å². The number of carbonyl (C=O) groups is 2. The molecule has 1 amide bonds. The van der Waals surface area contributed by atoms with E-state index in [9.17, 15) is 27.9 Å². The van der Waals surface area contributed by atoms with E-state index in [1.165, 1.54) is 26.4 Å². The molecule has 0 aromatic heterocycles. The standard InChI is InChI=1S/C28H24F3NO6/c1-15-13-22(37-4)16(2)12-21(15)25(33)23-24(17-8-10-19(36-3)11-9-17)32(27(35)26(23)34)18-6-5-7-20(14-18)38-28(29,30)31/h5-14,24,33H,1-4H3/b25-23+. The molecule has 1 aliphatic rings. The van der Waals surface area contributed by atoms with Crippen molar-refractivity contribution in [2.45, 2.75) is 26.3 Å². The lowest BCUT2D eigenvalue weighted by Gasteiger charge is -2.26. The van der Waals surface area contributed by atoms with Crippen molar-refractivity contribution in [3.8, 4) is 17.2 Å². The summed E-state index contributed by atoms with van der Waals surface area (Å²) in [5, 5.41) is 11.4. The number of amides is 1. The molecule has 1 heterocycles. The number of alkyl halides is 3. The summed E-state index contributed by atoms with van der Waals surface area (Å²) in [5.41, 5.74) is 1.79. The topological polar surface area (TPSA) is 85.3 Å². The molecule has 38 heavy (non-hydrogen) atoms. The van der Waals surface area contributed by atoms with Crippen LogP contribution >= 0.6 is 0 Å². The molecule has 1 saturated heterocycles. The number of anilines is 1. The number of halogens is 3. The van der Waals surface area contributed by atoms with Gasteiger partial charge < -0.3 is 19.3 Å². The third-order valence-electron chi connectivity index (χ3n) is 6.20. The van der Waals surface area contributed by atoms with Gasteiger partial charge in [0.1, 0.15) is 23.0 Å². The molecule has 10 heteroatoms. The Morgan fingerprint density at radius 1 is 0.895 bits per heavy atom. The summed E-state index contributed by atoms with van der Waals surface area (Å²) in [6, 6.07) is 13.4. The van der Waals surface area contributed by atoms with Crippen molar-refractivity contribution >= 4 is 23.1 Å². The lowest BCUT2D eigenvalue weighted by Crippen LogP contribution is -2.29. The maximum atomic E-state index is 13.4. The minimum absolute atomic E-state index is 0.0173. The number of Topliss-reactive ketones (excluding diaryl/α,β-unsaturated/α-hetero) is 1. The first-order chi connectivity index (χ1) is 17.9. The van der Waals surface area contributed by atoms with Crippen molar-refractivity contribution in [3.05, 3.63) is 88.5 Å². The number of carbonyl (C=O) groups excluding carboxylic acids is 2. The maximum Gasteiger partial charge on any atom is 0.573 e. The van der Waals surface area contributed by atoms with E-state index in [1.54, 1.807) is 50.2 Å². The number of ether oxygens (including phenoxy) is 3. The smallest absolute Gasteiger partial charge is 0.507 e. The van der Waals surface area contributed by atoms with Crippen molar-refractivity contribution in [1.29, 1.82) is 0 Å². The van der Waals surface area contributed by atoms with Gasteiger partial charge in [-0.2, -0.15) is 0 Å². The van der Waals surface area contributed by atoms with Crippen LogP contribution in [0.25, 0.3) is 5.76 Å². The lowest BCUT2D eigenvalue weighted by molar-refractivity contribution is -0.274. The molecule has 4 rings (SSSR count). The molecule has 1 unspecified atom stereocenters. The van der Waals surface area contributed by atoms with Crippen LogP contribution < -0.4 is 19.1 Å². The molecule has 198 valence electrons. The number of hydrogen-bond donors (Lipinski definition) is 1. The van der Waals surface area contributed by atoms with Crippen LogP contribution in [-0.2, 0) is 9.59 Å². The van der Waals surface area contributed by atoms with E-state index in [0.29, 0.717) is 33.8 Å². The van der Waals surface area contributed by atoms with Gasteiger partial charge >= 0.3 is 6.36 Å². The van der Waals surface area contributed by atoms with Crippen molar-refractivity contribution in [2.75, 3.05) is 19.1 Å². The van der Waals surface area contributed by atoms with Gasteiger partial charge in [0.2, 0.25) is 0 Å². The number of nitrogens with zero attached hydrogens (tertiary/aromatic N) is 1. The average molecular weight is 527 g/mol. The molecule has 1 fully saturated rings. The fourth-order valence-electron chi connectivity index (χ4n) is 4.44. The van der Waals surface area contributed by atoms with E-state index >= 15 is 0 Å². The Balaban J connectivity index is 1.93. The highest BCUT2D eigenvalue weighted by molar-refractivity contribution is 6.51. The minimum Gasteiger partial charge on any atom is -0.507 e. The van der Waals surface area contributed by atoms with Crippen molar-refractivity contribution in [1.82, 2.24) is 0 Å². The van der Waals surface area contributed by atoms with Gasteiger partial charge in [-0.1, -0.05) is 18.2 Å². The number of aliphatic hydroxyl groups is 1. The van der Waals surface area contributed by atoms with Gasteiger partial charge in [0.25, 0.3) is 11.7 Å². The molecule has 0 aliphatic carbocycles. The first-order valence-corrected chi connectivity index (χ1v) is 11.4. The van der Waals surface area contributed by atoms with Crippen molar-refractivity contribution < 1.29 is 42.1 Å². The molecule has 1 atom stereocenters. The van der Waals surface area contributed by atoms with Gasteiger partial charge in [-0.05, 0) is 66.9 Å². The highest BCUT2D eigenvalue weighted by atomic mass is 19.4. The summed E-state index contributed by atoms with van der Waals surface area (Å²) in [6.45, 7) is 3.48. The van der Waals surface area contributed by atoms with Crippen LogP contribution in [0.1, 0.15) is 28.3 Å². The quantitative estimate of drug-likeness (QED) is 0.246. The van der Waals surface area contributed by atoms with Gasteiger partial charge in [-0.25, -0.2) is 0 Å². The summed E-state index contributed by atoms with van der Waals surface area (Å²) >= 11 is 0. The molecule has 3 aromatic carbocycles. The van der Waals surface area contributed by atoms with Crippen LogP contribution in [0, 0.1) is 13.8 Å². The Hall–Kier alpha value is -4.47. The van der Waals surface area contributed by atoms with Gasteiger partial charge in [-0.3, -0.25) is 14.5 Å². The monoisotopic (exact) mass is 527 g/mol. The van der Waals surface area contributed by atoms with Gasteiger partial charge in [0, 0.05) is 17.3 Å². The number of rotatable bonds is 6. The van der Waals surface area contributed by atoms with Crippen LogP contribution in [-0.4, -0.2) is 37.4 Å². The molecular formula is C28H24F3NO6. The summed E-state index contributed by atoms with van der Waals surface area (Å²) in [5.74, 6) is -1.90. The average Bonchev–Trinajstić information content (AvgIpc) is 3.14. The maximum absolute atomic E-state index is 13.4. The van der Waals surface area contributed by atoms with E-state index < -0.39 is 35.6 Å². The largest absolute Gasteiger partial charge is 0.573 e. The molecular weight excluding hydrogens is 503 g/mol. The Morgan fingerprint density at radius 2 is 1.58 bits per heavy atom. The molecule has 1 N–H and O–H groups in total. The second-order valence-corrected chi connectivity index (χ2v) is 8.62. The first kappa shape index (κ1) is 26.6. The zero-order chi connectivity index (χ0) is 27.8. The molecule has 0 bridgehead atoms. The van der Waals surface area contributed by atoms with Crippen LogP contribution in [0.15, 0.2) is 66.2 Å². The van der Waals surface area contributed by atoms with E-state index in [2.05, 4.69) is 4.74 Å². The second-order valence-electron chi connectivity index (χ2n) is 8.62. The Morgan fingerprint density at radius 3 is 2.18 bits per heavy atom. The summed E-state index contributed by atoms with van der Waals surface area (Å²) in [4.78, 5) is 27.8. The molecule has 7 nitrogen and oxygen atoms in total. The van der Waals surface area contributed by atoms with E-state index in [0.717, 1.165) is 17.0 Å². The van der Waals surface area contributed by atoms with E-state index in [-0.39, 0.29) is 11.3 Å². The van der Waals surface area contributed by atoms with E-state index in [4.69, 9.17) is 9.47 Å². The highest BCUT2D eigenvalue weighted by Gasteiger charge is 2.47. The number of hydrogen-bond acceptors (Lipinski definition) is 6. The highest BCUT2D eigenvalue weighted by Crippen LogP contribution is 2.44. The SMILES string of the molecule is COc1ccc(C2/C(=C(\O)c3cc(C)c(OC)cc3C)C(=O)C(=O)N2c2cccc(OC(F)(F)F)c2)cc1. The van der Waals surface area contributed by atoms with Crippen LogP contribution in [0.2, 0.25) is 0 Å². The third kappa shape index (κ3) is 5.02. The van der Waals surface area contributed by atoms with Crippen molar-refractivity contribution in [3.63, 3.8) is 0 Å². The van der Waals surface area contributed by atoms with Crippen molar-refractivity contribution in [2.24, 2.45) is 0 Å². The normalized spacial score (nSPS) is 17.0. The summed E-state index contributed by atoms with van der Waals surface area (Å²) in [6.07, 6.45) is -4.95. The predicted molar refractivity (Wildman–Crippen MR) is 133 cm³/mol. The molecule has 1 aliphatic heterocycles. The lowest BCUT2D eigenvalue weighted by atomic mass is 9.93. The number of ketones is 1. The third-order valence-corrected chi connectivity index (χ3v) is 6.20. The van der Waals surface area contributed by atoms with Gasteiger partial charge in [0.15, 0.2) is 0 Å². The summed E-state index contributed by atoms with van der Waals surface area (Å²) in [7, 11) is 2.98. The fraction of sp³-hybridized carbons (Fsp3) is 0.214. The molecule has 3 aromatic rings. The van der Waals surface area contributed by atoms with Gasteiger partial charge in [-0.15, -0.1) is 13.2 Å². The summed E-state index contributed by atoms with van der Waals surface area (Å²) < 4.78 is 53.1. The fourth-order valence-corrected chi connectivity index (χ4v) is 4.44.